The minimum atomic E-state index is -0.273. The average molecular weight is 457 g/mol. The zero-order chi connectivity index (χ0) is 23.3. The van der Waals surface area contributed by atoms with Gasteiger partial charge in [0.1, 0.15) is 0 Å². The molecule has 3 aliphatic rings. The van der Waals surface area contributed by atoms with Crippen LogP contribution in [0.2, 0.25) is 0 Å². The fraction of sp³-hybridized carbons (Fsp3) is 0.414. The highest BCUT2D eigenvalue weighted by atomic mass is 16.5. The number of rotatable bonds is 6. The van der Waals surface area contributed by atoms with Crippen LogP contribution in [0.3, 0.4) is 0 Å². The molecule has 2 aliphatic carbocycles. The molecule has 176 valence electrons. The predicted molar refractivity (Wildman–Crippen MR) is 133 cm³/mol. The Balaban J connectivity index is 1.37. The van der Waals surface area contributed by atoms with Gasteiger partial charge in [-0.05, 0) is 60.8 Å². The van der Waals surface area contributed by atoms with Gasteiger partial charge in [0.2, 0.25) is 0 Å². The number of amides is 1. The standard InChI is InChI=1S/C29H32N2O3/c32-26(20-34-27(33)19-22-12-7-8-13-22)31-29(23-14-5-2-6-15-23)25-17-9-16-24(28(25)30-31)18-21-10-3-1-4-11-21/h1-6,10-11,14-15,18,22,25,29H,7-9,12-13,16-17,19-20H2. The van der Waals surface area contributed by atoms with Crippen molar-refractivity contribution in [2.45, 2.75) is 57.4 Å². The van der Waals surface area contributed by atoms with Gasteiger partial charge < -0.3 is 4.74 Å². The van der Waals surface area contributed by atoms with E-state index in [1.165, 1.54) is 18.4 Å². The lowest BCUT2D eigenvalue weighted by atomic mass is 9.77. The maximum atomic E-state index is 13.3. The summed E-state index contributed by atoms with van der Waals surface area (Å²) >= 11 is 0. The van der Waals surface area contributed by atoms with Crippen LogP contribution in [-0.2, 0) is 14.3 Å². The Morgan fingerprint density at radius 1 is 0.941 bits per heavy atom. The molecule has 0 saturated heterocycles. The van der Waals surface area contributed by atoms with Crippen LogP contribution >= 0.6 is 0 Å². The van der Waals surface area contributed by atoms with E-state index in [0.717, 1.165) is 48.9 Å². The fourth-order valence-corrected chi connectivity index (χ4v) is 5.66. The van der Waals surface area contributed by atoms with Crippen LogP contribution in [0.4, 0.5) is 0 Å². The highest BCUT2D eigenvalue weighted by Crippen LogP contribution is 2.44. The SMILES string of the molecule is O=C(CC1CCCC1)OCC(=O)N1N=C2C(=Cc3ccccc3)CCCC2C1c1ccccc1. The second-order valence-electron chi connectivity index (χ2n) is 9.67. The summed E-state index contributed by atoms with van der Waals surface area (Å²) in [5, 5.41) is 6.45. The largest absolute Gasteiger partial charge is 0.455 e. The number of hydrogen-bond donors (Lipinski definition) is 0. The first-order valence-corrected chi connectivity index (χ1v) is 12.6. The van der Waals surface area contributed by atoms with Gasteiger partial charge in [-0.15, -0.1) is 0 Å². The van der Waals surface area contributed by atoms with Gasteiger partial charge in [0, 0.05) is 12.3 Å². The van der Waals surface area contributed by atoms with E-state index in [4.69, 9.17) is 9.84 Å². The van der Waals surface area contributed by atoms with Gasteiger partial charge >= 0.3 is 5.97 Å². The zero-order valence-corrected chi connectivity index (χ0v) is 19.6. The Morgan fingerprint density at radius 3 is 2.38 bits per heavy atom. The monoisotopic (exact) mass is 456 g/mol. The number of fused-ring (bicyclic) bond motifs is 1. The van der Waals surface area contributed by atoms with Crippen LogP contribution in [0.25, 0.3) is 6.08 Å². The van der Waals surface area contributed by atoms with Gasteiger partial charge in [0.05, 0.1) is 11.8 Å². The van der Waals surface area contributed by atoms with Crippen LogP contribution in [0, 0.1) is 11.8 Å². The third kappa shape index (κ3) is 4.98. The molecule has 1 aliphatic heterocycles. The lowest BCUT2D eigenvalue weighted by Gasteiger charge is -2.29. The quantitative estimate of drug-likeness (QED) is 0.506. The fourth-order valence-electron chi connectivity index (χ4n) is 5.66. The molecular formula is C29H32N2O3. The van der Waals surface area contributed by atoms with Gasteiger partial charge in [-0.3, -0.25) is 9.59 Å². The van der Waals surface area contributed by atoms with E-state index in [-0.39, 0.29) is 30.4 Å². The summed E-state index contributed by atoms with van der Waals surface area (Å²) in [7, 11) is 0. The summed E-state index contributed by atoms with van der Waals surface area (Å²) in [6.45, 7) is -0.254. The first-order valence-electron chi connectivity index (χ1n) is 12.6. The van der Waals surface area contributed by atoms with Crippen LogP contribution in [-0.4, -0.2) is 29.2 Å². The van der Waals surface area contributed by atoms with Crippen LogP contribution in [0.1, 0.15) is 68.5 Å². The second kappa shape index (κ2) is 10.4. The third-order valence-electron chi connectivity index (χ3n) is 7.33. The molecule has 2 fully saturated rings. The van der Waals surface area contributed by atoms with Gasteiger partial charge in [0.25, 0.3) is 5.91 Å². The van der Waals surface area contributed by atoms with E-state index in [9.17, 15) is 9.59 Å². The minimum Gasteiger partial charge on any atom is -0.455 e. The minimum absolute atomic E-state index is 0.143. The Labute approximate surface area is 201 Å². The van der Waals surface area contributed by atoms with Gasteiger partial charge in [-0.1, -0.05) is 73.5 Å². The highest BCUT2D eigenvalue weighted by Gasteiger charge is 2.43. The smallest absolute Gasteiger partial charge is 0.306 e. The number of nitrogens with zero attached hydrogens (tertiary/aromatic N) is 2. The van der Waals surface area contributed by atoms with Crippen molar-refractivity contribution in [1.82, 2.24) is 5.01 Å². The van der Waals surface area contributed by atoms with E-state index in [1.807, 2.05) is 36.4 Å². The first-order chi connectivity index (χ1) is 16.7. The number of carbonyl (C=O) groups excluding carboxylic acids is 2. The second-order valence-corrected chi connectivity index (χ2v) is 9.67. The topological polar surface area (TPSA) is 59.0 Å². The predicted octanol–water partition coefficient (Wildman–Crippen LogP) is 5.93. The van der Waals surface area contributed by atoms with Crippen LogP contribution in [0.15, 0.2) is 71.3 Å². The molecule has 5 heteroatoms. The molecule has 5 rings (SSSR count). The Bertz CT molecular complexity index is 1070. The van der Waals surface area contributed by atoms with Crippen molar-refractivity contribution in [3.8, 4) is 0 Å². The molecule has 0 radical (unpaired) electrons. The van der Waals surface area contributed by atoms with E-state index in [2.05, 4.69) is 30.3 Å². The number of hydrogen-bond acceptors (Lipinski definition) is 4. The number of esters is 1. The molecule has 1 amide bonds. The molecule has 34 heavy (non-hydrogen) atoms. The molecule has 2 unspecified atom stereocenters. The Kier molecular flexibility index (Phi) is 6.89. The first kappa shape index (κ1) is 22.6. The van der Waals surface area contributed by atoms with E-state index >= 15 is 0 Å². The van der Waals surface area contributed by atoms with E-state index in [1.54, 1.807) is 5.01 Å². The Morgan fingerprint density at radius 2 is 1.65 bits per heavy atom. The lowest BCUT2D eigenvalue weighted by Crippen LogP contribution is -2.34. The van der Waals surface area contributed by atoms with E-state index < -0.39 is 0 Å². The highest BCUT2D eigenvalue weighted by molar-refractivity contribution is 6.08. The number of ether oxygens (including phenoxy) is 1. The maximum Gasteiger partial charge on any atom is 0.306 e. The Hall–Kier alpha value is -3.21. The third-order valence-corrected chi connectivity index (χ3v) is 7.33. The van der Waals surface area contributed by atoms with E-state index in [0.29, 0.717) is 12.3 Å². The maximum absolute atomic E-state index is 13.3. The molecule has 0 N–H and O–H groups in total. The summed E-state index contributed by atoms with van der Waals surface area (Å²) < 4.78 is 5.42. The summed E-state index contributed by atoms with van der Waals surface area (Å²) in [5.74, 6) is 0.0181. The molecule has 2 atom stereocenters. The van der Waals surface area contributed by atoms with Crippen LogP contribution < -0.4 is 0 Å². The summed E-state index contributed by atoms with van der Waals surface area (Å²) in [4.78, 5) is 25.6. The van der Waals surface area contributed by atoms with Gasteiger partial charge in [-0.25, -0.2) is 5.01 Å². The van der Waals surface area contributed by atoms with Crippen molar-refractivity contribution in [3.63, 3.8) is 0 Å². The summed E-state index contributed by atoms with van der Waals surface area (Å²) in [5.41, 5.74) is 4.40. The van der Waals surface area contributed by atoms with Crippen molar-refractivity contribution in [2.24, 2.45) is 16.9 Å². The number of carbonyl (C=O) groups is 2. The number of benzene rings is 2. The molecule has 0 bridgehead atoms. The average Bonchev–Trinajstić information content (AvgIpc) is 3.52. The van der Waals surface area contributed by atoms with Crippen molar-refractivity contribution in [3.05, 3.63) is 77.4 Å². The van der Waals surface area contributed by atoms with Crippen molar-refractivity contribution in [2.75, 3.05) is 6.61 Å². The zero-order valence-electron chi connectivity index (χ0n) is 19.6. The van der Waals surface area contributed by atoms with Gasteiger partial charge in [-0.2, -0.15) is 5.10 Å². The lowest BCUT2D eigenvalue weighted by molar-refractivity contribution is -0.153. The van der Waals surface area contributed by atoms with Gasteiger partial charge in [0.15, 0.2) is 6.61 Å². The molecule has 1 heterocycles. The summed E-state index contributed by atoms with van der Waals surface area (Å²) in [6.07, 6.45) is 10.1. The summed E-state index contributed by atoms with van der Waals surface area (Å²) in [6, 6.07) is 20.2. The molecule has 0 aromatic heterocycles. The van der Waals surface area contributed by atoms with Crippen molar-refractivity contribution in [1.29, 1.82) is 0 Å². The van der Waals surface area contributed by atoms with Crippen molar-refractivity contribution >= 4 is 23.7 Å². The molecule has 2 aromatic carbocycles. The molecular weight excluding hydrogens is 424 g/mol. The van der Waals surface area contributed by atoms with Crippen LogP contribution in [0.5, 0.6) is 0 Å². The molecule has 0 spiro atoms. The molecule has 2 aromatic rings. The number of hydrazone groups is 1. The van der Waals surface area contributed by atoms with Crippen molar-refractivity contribution < 1.29 is 14.3 Å². The number of allylic oxidation sites excluding steroid dienone is 1. The normalized spacial score (nSPS) is 23.6. The molecule has 5 nitrogen and oxygen atoms in total. The molecule has 2 saturated carbocycles.